The minimum atomic E-state index is -4.43. The summed E-state index contributed by atoms with van der Waals surface area (Å²) in [6.45, 7) is 4.08. The molecule has 0 N–H and O–H groups in total. The zero-order valence-corrected chi connectivity index (χ0v) is 11.8. The molecule has 21 heavy (non-hydrogen) atoms. The first-order valence-corrected chi connectivity index (χ1v) is 7.44. The van der Waals surface area contributed by atoms with Crippen LogP contribution in [0.25, 0.3) is 0 Å². The van der Waals surface area contributed by atoms with Crippen molar-refractivity contribution in [2.24, 2.45) is 0 Å². The second kappa shape index (κ2) is 5.79. The molecule has 0 radical (unpaired) electrons. The normalized spacial score (nSPS) is 24.0. The second-order valence-corrected chi connectivity index (χ2v) is 5.77. The van der Waals surface area contributed by atoms with Gasteiger partial charge in [0.05, 0.1) is 0 Å². The molecule has 4 nitrogen and oxygen atoms in total. The maximum atomic E-state index is 12.5. The first kappa shape index (κ1) is 14.6. The molecule has 1 atom stereocenters. The van der Waals surface area contributed by atoms with Crippen LogP contribution in [-0.4, -0.2) is 47.3 Å². The van der Waals surface area contributed by atoms with Crippen molar-refractivity contribution in [3.63, 3.8) is 0 Å². The number of hydrogen-bond acceptors (Lipinski definition) is 4. The van der Waals surface area contributed by atoms with Crippen LogP contribution in [0.4, 0.5) is 19.0 Å². The van der Waals surface area contributed by atoms with E-state index < -0.39 is 11.9 Å². The van der Waals surface area contributed by atoms with Crippen molar-refractivity contribution in [1.29, 1.82) is 0 Å². The third kappa shape index (κ3) is 3.28. The number of alkyl halides is 3. The van der Waals surface area contributed by atoms with Crippen LogP contribution in [0.1, 0.15) is 31.4 Å². The van der Waals surface area contributed by atoms with Crippen molar-refractivity contribution in [2.45, 2.75) is 37.9 Å². The van der Waals surface area contributed by atoms with Gasteiger partial charge in [0.15, 0.2) is 11.5 Å². The summed E-state index contributed by atoms with van der Waals surface area (Å²) >= 11 is 0. The quantitative estimate of drug-likeness (QED) is 0.859. The van der Waals surface area contributed by atoms with Gasteiger partial charge in [-0.15, -0.1) is 10.2 Å². The van der Waals surface area contributed by atoms with Gasteiger partial charge < -0.3 is 9.80 Å². The van der Waals surface area contributed by atoms with Gasteiger partial charge in [-0.05, 0) is 50.9 Å². The SMILES string of the molecule is FC(F)(F)c1ccc(N2CCCC2CN2CCCC2)nn1. The van der Waals surface area contributed by atoms with E-state index in [0.29, 0.717) is 11.9 Å². The zero-order chi connectivity index (χ0) is 14.9. The van der Waals surface area contributed by atoms with Crippen molar-refractivity contribution < 1.29 is 13.2 Å². The van der Waals surface area contributed by atoms with Crippen LogP contribution in [0, 0.1) is 0 Å². The highest BCUT2D eigenvalue weighted by Gasteiger charge is 2.34. The molecule has 1 unspecified atom stereocenters. The lowest BCUT2D eigenvalue weighted by molar-refractivity contribution is -0.141. The summed E-state index contributed by atoms with van der Waals surface area (Å²) < 4.78 is 37.6. The highest BCUT2D eigenvalue weighted by Crippen LogP contribution is 2.29. The molecule has 3 rings (SSSR count). The van der Waals surface area contributed by atoms with Gasteiger partial charge in [-0.1, -0.05) is 0 Å². The Hall–Kier alpha value is -1.37. The van der Waals surface area contributed by atoms with Crippen molar-refractivity contribution in [3.05, 3.63) is 17.8 Å². The molecule has 0 bridgehead atoms. The van der Waals surface area contributed by atoms with Crippen molar-refractivity contribution >= 4 is 5.82 Å². The summed E-state index contributed by atoms with van der Waals surface area (Å²) in [5.41, 5.74) is -0.929. The molecule has 7 heteroatoms. The summed E-state index contributed by atoms with van der Waals surface area (Å²) in [6, 6.07) is 2.81. The monoisotopic (exact) mass is 300 g/mol. The van der Waals surface area contributed by atoms with Crippen LogP contribution in [-0.2, 0) is 6.18 Å². The van der Waals surface area contributed by atoms with Crippen LogP contribution in [0.5, 0.6) is 0 Å². The molecule has 116 valence electrons. The van der Waals surface area contributed by atoms with Gasteiger partial charge in [0.2, 0.25) is 0 Å². The fourth-order valence-electron chi connectivity index (χ4n) is 3.22. The van der Waals surface area contributed by atoms with Gasteiger partial charge in [-0.25, -0.2) is 0 Å². The van der Waals surface area contributed by atoms with Gasteiger partial charge in [-0.2, -0.15) is 13.2 Å². The van der Waals surface area contributed by atoms with E-state index in [-0.39, 0.29) is 0 Å². The lowest BCUT2D eigenvalue weighted by Gasteiger charge is -2.29. The molecular formula is C14H19F3N4. The minimum absolute atomic E-state index is 0.342. The fourth-order valence-corrected chi connectivity index (χ4v) is 3.22. The van der Waals surface area contributed by atoms with Crippen molar-refractivity contribution in [3.8, 4) is 0 Å². The Labute approximate surface area is 121 Å². The topological polar surface area (TPSA) is 32.3 Å². The number of rotatable bonds is 3. The van der Waals surface area contributed by atoms with E-state index in [1.54, 1.807) is 0 Å². The second-order valence-electron chi connectivity index (χ2n) is 5.77. The Kier molecular flexibility index (Phi) is 4.01. The Morgan fingerprint density at radius 1 is 1.05 bits per heavy atom. The Bertz CT molecular complexity index is 468. The molecule has 2 aliphatic rings. The van der Waals surface area contributed by atoms with Gasteiger partial charge in [0, 0.05) is 19.1 Å². The summed E-state index contributed by atoms with van der Waals surface area (Å²) in [5, 5.41) is 7.12. The molecule has 0 aromatic carbocycles. The zero-order valence-electron chi connectivity index (χ0n) is 11.8. The molecule has 0 saturated carbocycles. The number of halogens is 3. The first-order valence-electron chi connectivity index (χ1n) is 7.44. The highest BCUT2D eigenvalue weighted by molar-refractivity contribution is 5.40. The summed E-state index contributed by atoms with van der Waals surface area (Å²) in [5.74, 6) is 0.560. The van der Waals surface area contributed by atoms with Crippen LogP contribution in [0.3, 0.4) is 0 Å². The predicted octanol–water partition coefficient (Wildman–Crippen LogP) is 2.56. The maximum absolute atomic E-state index is 12.5. The number of nitrogens with zero attached hydrogens (tertiary/aromatic N) is 4. The lowest BCUT2D eigenvalue weighted by Crippen LogP contribution is -2.39. The van der Waals surface area contributed by atoms with Crippen LogP contribution >= 0.6 is 0 Å². The average Bonchev–Trinajstić information content (AvgIpc) is 3.10. The lowest BCUT2D eigenvalue weighted by atomic mass is 10.2. The van der Waals surface area contributed by atoms with E-state index in [1.807, 2.05) is 0 Å². The summed E-state index contributed by atoms with van der Waals surface area (Å²) in [7, 11) is 0. The molecular weight excluding hydrogens is 281 g/mol. The molecule has 1 aromatic heterocycles. The highest BCUT2D eigenvalue weighted by atomic mass is 19.4. The summed E-state index contributed by atoms with van der Waals surface area (Å²) in [4.78, 5) is 4.53. The Morgan fingerprint density at radius 2 is 1.81 bits per heavy atom. The van der Waals surface area contributed by atoms with Crippen LogP contribution in [0.15, 0.2) is 12.1 Å². The largest absolute Gasteiger partial charge is 0.435 e. The number of anilines is 1. The van der Waals surface area contributed by atoms with E-state index in [9.17, 15) is 13.2 Å². The van der Waals surface area contributed by atoms with Gasteiger partial charge in [0.25, 0.3) is 0 Å². The number of likely N-dealkylation sites (tertiary alicyclic amines) is 1. The third-order valence-corrected chi connectivity index (χ3v) is 4.28. The van der Waals surface area contributed by atoms with Gasteiger partial charge >= 0.3 is 6.18 Å². The fraction of sp³-hybridized carbons (Fsp3) is 0.714. The molecule has 3 heterocycles. The van der Waals surface area contributed by atoms with Crippen LogP contribution < -0.4 is 4.90 Å². The average molecular weight is 300 g/mol. The van der Waals surface area contributed by atoms with E-state index in [2.05, 4.69) is 20.0 Å². The Morgan fingerprint density at radius 3 is 2.43 bits per heavy atom. The van der Waals surface area contributed by atoms with E-state index >= 15 is 0 Å². The number of aromatic nitrogens is 2. The smallest absolute Gasteiger partial charge is 0.351 e. The molecule has 0 aliphatic carbocycles. The predicted molar refractivity (Wildman–Crippen MR) is 73.1 cm³/mol. The van der Waals surface area contributed by atoms with Crippen molar-refractivity contribution in [1.82, 2.24) is 15.1 Å². The Balaban J connectivity index is 1.69. The molecule has 2 aliphatic heterocycles. The number of hydrogen-bond donors (Lipinski definition) is 0. The summed E-state index contributed by atoms with van der Waals surface area (Å²) in [6.07, 6.45) is 0.186. The van der Waals surface area contributed by atoms with Gasteiger partial charge in [0.1, 0.15) is 0 Å². The van der Waals surface area contributed by atoms with E-state index in [1.165, 1.54) is 18.9 Å². The van der Waals surface area contributed by atoms with Crippen LogP contribution in [0.2, 0.25) is 0 Å². The molecule has 1 aromatic rings. The molecule has 0 amide bonds. The standard InChI is InChI=1S/C14H19F3N4/c15-14(16,17)12-5-6-13(19-18-12)21-9-3-4-11(21)10-20-7-1-2-8-20/h5-6,11H,1-4,7-10H2. The van der Waals surface area contributed by atoms with Gasteiger partial charge in [-0.3, -0.25) is 0 Å². The molecule has 2 saturated heterocycles. The minimum Gasteiger partial charge on any atom is -0.351 e. The third-order valence-electron chi connectivity index (χ3n) is 4.28. The maximum Gasteiger partial charge on any atom is 0.435 e. The molecule has 0 spiro atoms. The van der Waals surface area contributed by atoms with E-state index in [4.69, 9.17) is 0 Å². The van der Waals surface area contributed by atoms with E-state index in [0.717, 1.165) is 45.1 Å². The van der Waals surface area contributed by atoms with Crippen molar-refractivity contribution in [2.75, 3.05) is 31.1 Å². The molecule has 2 fully saturated rings. The first-order chi connectivity index (χ1) is 10.0.